The molecule has 1 aliphatic rings. The molecule has 0 aromatic heterocycles. The van der Waals surface area contributed by atoms with E-state index < -0.39 is 0 Å². The highest BCUT2D eigenvalue weighted by atomic mass is 16.3. The Morgan fingerprint density at radius 3 is 2.93 bits per heavy atom. The minimum atomic E-state index is -0.225. The molecule has 4 nitrogen and oxygen atoms in total. The Morgan fingerprint density at radius 1 is 1.71 bits per heavy atom. The Bertz CT molecular complexity index is 197. The van der Waals surface area contributed by atoms with E-state index >= 15 is 0 Å². The van der Waals surface area contributed by atoms with Crippen molar-refractivity contribution in [3.05, 3.63) is 0 Å². The van der Waals surface area contributed by atoms with Crippen LogP contribution in [0.15, 0.2) is 0 Å². The minimum absolute atomic E-state index is 0.112. The van der Waals surface area contributed by atoms with Gasteiger partial charge in [0.2, 0.25) is 5.91 Å². The Kier molecular flexibility index (Phi) is 4.35. The first-order valence-electron chi connectivity index (χ1n) is 5.33. The zero-order valence-electron chi connectivity index (χ0n) is 8.78. The van der Waals surface area contributed by atoms with Gasteiger partial charge in [-0.15, -0.1) is 0 Å². The van der Waals surface area contributed by atoms with Crippen LogP contribution in [0.1, 0.15) is 26.2 Å². The number of hydrogen-bond donors (Lipinski definition) is 2. The monoisotopic (exact) mass is 200 g/mol. The average Bonchev–Trinajstić information content (AvgIpc) is 2.54. The number of rotatable bonds is 5. The Morgan fingerprint density at radius 2 is 2.43 bits per heavy atom. The highest BCUT2D eigenvalue weighted by molar-refractivity contribution is 5.79. The second-order valence-corrected chi connectivity index (χ2v) is 3.99. The molecule has 3 N–H and O–H groups in total. The molecule has 1 fully saturated rings. The Hall–Kier alpha value is -0.610. The van der Waals surface area contributed by atoms with Crippen LogP contribution in [0.2, 0.25) is 0 Å². The summed E-state index contributed by atoms with van der Waals surface area (Å²) >= 11 is 0. The molecule has 2 unspecified atom stereocenters. The third-order valence-electron chi connectivity index (χ3n) is 3.01. The maximum atomic E-state index is 11.1. The standard InChI is InChI=1S/C10H20N2O2/c1-2-9(10(11)14)12-5-3-8(7-12)4-6-13/h8-9,13H,2-7H2,1H3,(H2,11,14). The summed E-state index contributed by atoms with van der Waals surface area (Å²) in [4.78, 5) is 13.3. The molecule has 0 bridgehead atoms. The molecule has 1 heterocycles. The van der Waals surface area contributed by atoms with Gasteiger partial charge in [-0.3, -0.25) is 9.69 Å². The Balaban J connectivity index is 2.43. The van der Waals surface area contributed by atoms with Crippen LogP contribution in [0.5, 0.6) is 0 Å². The molecule has 82 valence electrons. The number of likely N-dealkylation sites (tertiary alicyclic amines) is 1. The highest BCUT2D eigenvalue weighted by Gasteiger charge is 2.29. The maximum Gasteiger partial charge on any atom is 0.234 e. The van der Waals surface area contributed by atoms with Crippen molar-refractivity contribution in [1.82, 2.24) is 4.90 Å². The van der Waals surface area contributed by atoms with Crippen LogP contribution in [0.3, 0.4) is 0 Å². The van der Waals surface area contributed by atoms with Gasteiger partial charge < -0.3 is 10.8 Å². The summed E-state index contributed by atoms with van der Waals surface area (Å²) < 4.78 is 0. The molecule has 14 heavy (non-hydrogen) atoms. The number of aliphatic hydroxyl groups excluding tert-OH is 1. The van der Waals surface area contributed by atoms with Crippen molar-refractivity contribution in [2.24, 2.45) is 11.7 Å². The second-order valence-electron chi connectivity index (χ2n) is 3.99. The van der Waals surface area contributed by atoms with Gasteiger partial charge >= 0.3 is 0 Å². The smallest absolute Gasteiger partial charge is 0.234 e. The van der Waals surface area contributed by atoms with Crippen molar-refractivity contribution in [2.75, 3.05) is 19.7 Å². The van der Waals surface area contributed by atoms with Crippen LogP contribution in [0, 0.1) is 5.92 Å². The molecule has 1 aliphatic heterocycles. The first-order valence-corrected chi connectivity index (χ1v) is 5.33. The van der Waals surface area contributed by atoms with E-state index in [1.165, 1.54) is 0 Å². The van der Waals surface area contributed by atoms with E-state index in [1.54, 1.807) is 0 Å². The summed E-state index contributed by atoms with van der Waals surface area (Å²) in [6, 6.07) is -0.112. The summed E-state index contributed by atoms with van der Waals surface area (Å²) in [5.74, 6) is 0.311. The Labute approximate surface area is 85.1 Å². The average molecular weight is 200 g/mol. The second kappa shape index (κ2) is 5.32. The largest absolute Gasteiger partial charge is 0.396 e. The van der Waals surface area contributed by atoms with E-state index in [0.717, 1.165) is 32.4 Å². The van der Waals surface area contributed by atoms with Crippen LogP contribution < -0.4 is 5.73 Å². The first-order chi connectivity index (χ1) is 6.69. The normalized spacial score (nSPS) is 25.1. The molecule has 1 saturated heterocycles. The summed E-state index contributed by atoms with van der Waals surface area (Å²) in [5.41, 5.74) is 5.32. The minimum Gasteiger partial charge on any atom is -0.396 e. The molecule has 0 saturated carbocycles. The van der Waals surface area contributed by atoms with Crippen molar-refractivity contribution in [2.45, 2.75) is 32.2 Å². The lowest BCUT2D eigenvalue weighted by atomic mass is 10.1. The SMILES string of the molecule is CCC(C(N)=O)N1CCC(CCO)C1. The van der Waals surface area contributed by atoms with Gasteiger partial charge in [0.15, 0.2) is 0 Å². The maximum absolute atomic E-state index is 11.1. The predicted molar refractivity (Wildman–Crippen MR) is 54.7 cm³/mol. The topological polar surface area (TPSA) is 66.6 Å². The van der Waals surface area contributed by atoms with Crippen molar-refractivity contribution in [3.63, 3.8) is 0 Å². The summed E-state index contributed by atoms with van der Waals surface area (Å²) in [5, 5.41) is 8.81. The fraction of sp³-hybridized carbons (Fsp3) is 0.900. The van der Waals surface area contributed by atoms with Gasteiger partial charge in [-0.05, 0) is 31.7 Å². The summed E-state index contributed by atoms with van der Waals surface area (Å²) in [6.45, 7) is 4.06. The lowest BCUT2D eigenvalue weighted by molar-refractivity contribution is -0.123. The molecular weight excluding hydrogens is 180 g/mol. The first kappa shape index (κ1) is 11.5. The molecule has 0 aromatic carbocycles. The number of carbonyl (C=O) groups is 1. The van der Waals surface area contributed by atoms with Crippen LogP contribution >= 0.6 is 0 Å². The molecule has 0 aromatic rings. The number of aliphatic hydroxyl groups is 1. The number of primary amides is 1. The van der Waals surface area contributed by atoms with Crippen molar-refractivity contribution in [1.29, 1.82) is 0 Å². The van der Waals surface area contributed by atoms with E-state index in [1.807, 2.05) is 6.92 Å². The van der Waals surface area contributed by atoms with E-state index in [4.69, 9.17) is 10.8 Å². The number of nitrogens with two attached hydrogens (primary N) is 1. The van der Waals surface area contributed by atoms with Gasteiger partial charge in [0.25, 0.3) is 0 Å². The quantitative estimate of drug-likeness (QED) is 0.654. The number of amides is 1. The zero-order valence-corrected chi connectivity index (χ0v) is 8.78. The van der Waals surface area contributed by atoms with E-state index in [2.05, 4.69) is 4.90 Å². The zero-order chi connectivity index (χ0) is 10.6. The highest BCUT2D eigenvalue weighted by Crippen LogP contribution is 2.22. The van der Waals surface area contributed by atoms with Gasteiger partial charge in [-0.1, -0.05) is 6.92 Å². The van der Waals surface area contributed by atoms with Gasteiger partial charge in [-0.2, -0.15) is 0 Å². The van der Waals surface area contributed by atoms with E-state index in [0.29, 0.717) is 5.92 Å². The predicted octanol–water partition coefficient (Wildman–Crippen LogP) is -0.0454. The van der Waals surface area contributed by atoms with Crippen LogP contribution in [-0.4, -0.2) is 41.7 Å². The van der Waals surface area contributed by atoms with Crippen molar-refractivity contribution in [3.8, 4) is 0 Å². The van der Waals surface area contributed by atoms with Gasteiger partial charge in [0, 0.05) is 13.2 Å². The summed E-state index contributed by atoms with van der Waals surface area (Å²) in [6.07, 6.45) is 2.69. The molecule has 2 atom stereocenters. The molecule has 1 amide bonds. The van der Waals surface area contributed by atoms with E-state index in [-0.39, 0.29) is 18.6 Å². The number of hydrogen-bond acceptors (Lipinski definition) is 3. The molecule has 0 radical (unpaired) electrons. The lowest BCUT2D eigenvalue weighted by Gasteiger charge is -2.23. The number of carbonyl (C=O) groups excluding carboxylic acids is 1. The molecule has 1 rings (SSSR count). The van der Waals surface area contributed by atoms with Crippen LogP contribution in [0.25, 0.3) is 0 Å². The van der Waals surface area contributed by atoms with Gasteiger partial charge in [0.05, 0.1) is 6.04 Å². The van der Waals surface area contributed by atoms with Gasteiger partial charge in [-0.25, -0.2) is 0 Å². The van der Waals surface area contributed by atoms with Crippen molar-refractivity contribution >= 4 is 5.91 Å². The lowest BCUT2D eigenvalue weighted by Crippen LogP contribution is -2.43. The molecular formula is C10H20N2O2. The fourth-order valence-electron chi connectivity index (χ4n) is 2.20. The van der Waals surface area contributed by atoms with E-state index in [9.17, 15) is 4.79 Å². The fourth-order valence-corrected chi connectivity index (χ4v) is 2.20. The van der Waals surface area contributed by atoms with Crippen molar-refractivity contribution < 1.29 is 9.90 Å². The third kappa shape index (κ3) is 2.69. The third-order valence-corrected chi connectivity index (χ3v) is 3.01. The van der Waals surface area contributed by atoms with Gasteiger partial charge in [0.1, 0.15) is 0 Å². The number of nitrogens with zero attached hydrogens (tertiary/aromatic N) is 1. The molecule has 0 aliphatic carbocycles. The van der Waals surface area contributed by atoms with Crippen LogP contribution in [-0.2, 0) is 4.79 Å². The molecule has 4 heteroatoms. The van der Waals surface area contributed by atoms with Crippen LogP contribution in [0.4, 0.5) is 0 Å². The summed E-state index contributed by atoms with van der Waals surface area (Å²) in [7, 11) is 0. The molecule has 0 spiro atoms.